The first-order chi connectivity index (χ1) is 9.58. The van der Waals surface area contributed by atoms with Gasteiger partial charge in [-0.2, -0.15) is 0 Å². The van der Waals surface area contributed by atoms with Gasteiger partial charge in [-0.15, -0.1) is 0 Å². The number of carbonyl (C=O) groups is 1. The van der Waals surface area contributed by atoms with Crippen LogP contribution >= 0.6 is 39.1 Å². The second-order valence-electron chi connectivity index (χ2n) is 4.17. The molecule has 0 spiro atoms. The standard InChI is InChI=1S/C14H7BrCl2N2O/c15-7-1-2-8(11(17)5-7)13(20)9-6-19-14-12(9)10(16)3-4-18-14/h1-6H,(H,18,19). The first kappa shape index (κ1) is 13.6. The van der Waals surface area contributed by atoms with E-state index in [0.29, 0.717) is 32.2 Å². The Labute approximate surface area is 133 Å². The Bertz CT molecular complexity index is 829. The van der Waals surface area contributed by atoms with Crippen molar-refractivity contribution in [2.75, 3.05) is 0 Å². The Kier molecular flexibility index (Phi) is 3.54. The molecule has 0 unspecified atom stereocenters. The van der Waals surface area contributed by atoms with Crippen LogP contribution in [0.25, 0.3) is 11.0 Å². The number of fused-ring (bicyclic) bond motifs is 1. The summed E-state index contributed by atoms with van der Waals surface area (Å²) in [7, 11) is 0. The summed E-state index contributed by atoms with van der Waals surface area (Å²) in [6.07, 6.45) is 3.19. The minimum absolute atomic E-state index is 0.191. The number of ketones is 1. The van der Waals surface area contributed by atoms with Crippen LogP contribution in [-0.4, -0.2) is 15.8 Å². The predicted molar refractivity (Wildman–Crippen MR) is 83.7 cm³/mol. The summed E-state index contributed by atoms with van der Waals surface area (Å²) in [5.41, 5.74) is 1.46. The van der Waals surface area contributed by atoms with Gasteiger partial charge >= 0.3 is 0 Å². The van der Waals surface area contributed by atoms with Gasteiger partial charge in [-0.1, -0.05) is 39.1 Å². The fourth-order valence-electron chi connectivity index (χ4n) is 2.01. The SMILES string of the molecule is O=C(c1ccc(Br)cc1Cl)c1c[nH]c2nccc(Cl)c12. The first-order valence-corrected chi connectivity index (χ1v) is 7.24. The van der Waals surface area contributed by atoms with E-state index in [1.54, 1.807) is 36.7 Å². The number of halogens is 3. The van der Waals surface area contributed by atoms with Gasteiger partial charge in [0.05, 0.1) is 15.6 Å². The Morgan fingerprint density at radius 2 is 1.95 bits per heavy atom. The highest BCUT2D eigenvalue weighted by atomic mass is 79.9. The minimum Gasteiger partial charge on any atom is -0.345 e. The zero-order valence-electron chi connectivity index (χ0n) is 9.95. The minimum atomic E-state index is -0.191. The molecule has 0 saturated heterocycles. The van der Waals surface area contributed by atoms with Crippen LogP contribution < -0.4 is 0 Å². The summed E-state index contributed by atoms with van der Waals surface area (Å²) in [4.78, 5) is 19.7. The van der Waals surface area contributed by atoms with E-state index in [1.165, 1.54) is 0 Å². The normalized spacial score (nSPS) is 10.9. The number of carbonyl (C=O) groups excluding carboxylic acids is 1. The van der Waals surface area contributed by atoms with Gasteiger partial charge in [0.15, 0.2) is 5.78 Å². The fourth-order valence-corrected chi connectivity index (χ4v) is 3.02. The summed E-state index contributed by atoms with van der Waals surface area (Å²) in [6.45, 7) is 0. The summed E-state index contributed by atoms with van der Waals surface area (Å²) < 4.78 is 0.817. The molecule has 1 N–H and O–H groups in total. The Balaban J connectivity index is 2.18. The number of H-pyrrole nitrogens is 1. The number of rotatable bonds is 2. The van der Waals surface area contributed by atoms with Gasteiger partial charge in [-0.25, -0.2) is 4.98 Å². The molecule has 3 nitrogen and oxygen atoms in total. The molecule has 0 radical (unpaired) electrons. The number of hydrogen-bond donors (Lipinski definition) is 1. The van der Waals surface area contributed by atoms with Crippen LogP contribution in [0.5, 0.6) is 0 Å². The molecular formula is C14H7BrCl2N2O. The second kappa shape index (κ2) is 5.20. The van der Waals surface area contributed by atoms with Crippen molar-refractivity contribution < 1.29 is 4.79 Å². The molecule has 0 saturated carbocycles. The number of aromatic amines is 1. The quantitative estimate of drug-likeness (QED) is 0.655. The third-order valence-electron chi connectivity index (χ3n) is 2.94. The largest absolute Gasteiger partial charge is 0.345 e. The van der Waals surface area contributed by atoms with Crippen molar-refractivity contribution in [3.63, 3.8) is 0 Å². The van der Waals surface area contributed by atoms with E-state index in [9.17, 15) is 4.79 Å². The lowest BCUT2D eigenvalue weighted by Crippen LogP contribution is -2.01. The third-order valence-corrected chi connectivity index (χ3v) is 4.06. The topological polar surface area (TPSA) is 45.8 Å². The van der Waals surface area contributed by atoms with Crippen molar-refractivity contribution in [2.24, 2.45) is 0 Å². The highest BCUT2D eigenvalue weighted by Gasteiger charge is 2.19. The van der Waals surface area contributed by atoms with Crippen molar-refractivity contribution >= 4 is 55.9 Å². The molecular weight excluding hydrogens is 363 g/mol. The van der Waals surface area contributed by atoms with Gasteiger partial charge in [0.2, 0.25) is 0 Å². The molecule has 0 amide bonds. The van der Waals surface area contributed by atoms with E-state index in [-0.39, 0.29) is 5.78 Å². The molecule has 6 heteroatoms. The number of nitrogens with zero attached hydrogens (tertiary/aromatic N) is 1. The molecule has 0 fully saturated rings. The molecule has 20 heavy (non-hydrogen) atoms. The number of pyridine rings is 1. The smallest absolute Gasteiger partial charge is 0.196 e. The second-order valence-corrected chi connectivity index (χ2v) is 5.90. The molecule has 0 aliphatic rings. The van der Waals surface area contributed by atoms with Crippen molar-refractivity contribution in [1.82, 2.24) is 9.97 Å². The molecule has 0 aliphatic carbocycles. The number of hydrogen-bond acceptors (Lipinski definition) is 2. The molecule has 100 valence electrons. The Morgan fingerprint density at radius 3 is 2.70 bits per heavy atom. The maximum Gasteiger partial charge on any atom is 0.196 e. The van der Waals surface area contributed by atoms with Gasteiger partial charge in [-0.3, -0.25) is 4.79 Å². The maximum absolute atomic E-state index is 12.6. The average molecular weight is 370 g/mol. The molecule has 0 aliphatic heterocycles. The van der Waals surface area contributed by atoms with Crippen molar-refractivity contribution in [2.45, 2.75) is 0 Å². The molecule has 0 bridgehead atoms. The molecule has 2 aromatic heterocycles. The first-order valence-electron chi connectivity index (χ1n) is 5.69. The van der Waals surface area contributed by atoms with Crippen molar-refractivity contribution in [3.05, 3.63) is 62.3 Å². The van der Waals surface area contributed by atoms with Crippen LogP contribution in [-0.2, 0) is 0 Å². The van der Waals surface area contributed by atoms with Gasteiger partial charge in [0, 0.05) is 27.8 Å². The molecule has 3 aromatic rings. The summed E-state index contributed by atoms with van der Waals surface area (Å²) >= 11 is 15.6. The van der Waals surface area contributed by atoms with Crippen LogP contribution in [0.1, 0.15) is 15.9 Å². The van der Waals surface area contributed by atoms with Crippen LogP contribution in [0.4, 0.5) is 0 Å². The summed E-state index contributed by atoms with van der Waals surface area (Å²) in [6, 6.07) is 6.78. The van der Waals surface area contributed by atoms with Crippen molar-refractivity contribution in [1.29, 1.82) is 0 Å². The summed E-state index contributed by atoms with van der Waals surface area (Å²) in [5.74, 6) is -0.191. The summed E-state index contributed by atoms with van der Waals surface area (Å²) in [5, 5.41) is 1.48. The Morgan fingerprint density at radius 1 is 1.15 bits per heavy atom. The lowest BCUT2D eigenvalue weighted by atomic mass is 10.0. The van der Waals surface area contributed by atoms with E-state index < -0.39 is 0 Å². The van der Waals surface area contributed by atoms with Crippen LogP contribution in [0.15, 0.2) is 41.1 Å². The van der Waals surface area contributed by atoms with Crippen LogP contribution in [0.2, 0.25) is 10.0 Å². The molecule has 3 rings (SSSR count). The molecule has 1 aromatic carbocycles. The van der Waals surface area contributed by atoms with Gasteiger partial charge in [-0.05, 0) is 24.3 Å². The zero-order chi connectivity index (χ0) is 14.3. The predicted octanol–water partition coefficient (Wildman–Crippen LogP) is 4.86. The lowest BCUT2D eigenvalue weighted by molar-refractivity contribution is 0.104. The maximum atomic E-state index is 12.6. The third kappa shape index (κ3) is 2.24. The van der Waals surface area contributed by atoms with E-state index >= 15 is 0 Å². The lowest BCUT2D eigenvalue weighted by Gasteiger charge is -2.04. The number of aromatic nitrogens is 2. The highest BCUT2D eigenvalue weighted by molar-refractivity contribution is 9.10. The van der Waals surface area contributed by atoms with E-state index in [1.807, 2.05) is 0 Å². The number of benzene rings is 1. The number of nitrogens with one attached hydrogen (secondary N) is 1. The van der Waals surface area contributed by atoms with E-state index in [0.717, 1.165) is 4.47 Å². The van der Waals surface area contributed by atoms with Gasteiger partial charge < -0.3 is 4.98 Å². The van der Waals surface area contributed by atoms with Crippen molar-refractivity contribution in [3.8, 4) is 0 Å². The van der Waals surface area contributed by atoms with Crippen LogP contribution in [0, 0.1) is 0 Å². The zero-order valence-corrected chi connectivity index (χ0v) is 13.1. The monoisotopic (exact) mass is 368 g/mol. The Hall–Kier alpha value is -1.36. The van der Waals surface area contributed by atoms with Gasteiger partial charge in [0.1, 0.15) is 5.65 Å². The fraction of sp³-hybridized carbons (Fsp3) is 0. The van der Waals surface area contributed by atoms with E-state index in [4.69, 9.17) is 23.2 Å². The van der Waals surface area contributed by atoms with E-state index in [2.05, 4.69) is 25.9 Å². The molecule has 0 atom stereocenters. The van der Waals surface area contributed by atoms with Gasteiger partial charge in [0.25, 0.3) is 0 Å². The average Bonchev–Trinajstić information content (AvgIpc) is 2.83. The van der Waals surface area contributed by atoms with Crippen LogP contribution in [0.3, 0.4) is 0 Å². The molecule has 2 heterocycles. The highest BCUT2D eigenvalue weighted by Crippen LogP contribution is 2.29.